The Morgan fingerprint density at radius 1 is 1.13 bits per heavy atom. The molecular weight excluding hydrogens is 398 g/mol. The summed E-state index contributed by atoms with van der Waals surface area (Å²) in [6.07, 6.45) is 9.43. The van der Waals surface area contributed by atoms with E-state index in [9.17, 15) is 10.1 Å². The van der Waals surface area contributed by atoms with Crippen molar-refractivity contribution in [2.75, 3.05) is 0 Å². The van der Waals surface area contributed by atoms with Crippen molar-refractivity contribution in [1.82, 2.24) is 9.66 Å². The number of nitro benzene ring substituents is 1. The Labute approximate surface area is 178 Å². The van der Waals surface area contributed by atoms with Crippen LogP contribution in [0.1, 0.15) is 44.6 Å². The maximum atomic E-state index is 11.0. The lowest BCUT2D eigenvalue weighted by atomic mass is 9.96. The lowest BCUT2D eigenvalue weighted by Crippen LogP contribution is -2.19. The summed E-state index contributed by atoms with van der Waals surface area (Å²) in [5, 5.41) is 17.9. The average Bonchev–Trinajstić information content (AvgIpc) is 3.17. The van der Waals surface area contributed by atoms with E-state index in [1.807, 2.05) is 29.1 Å². The summed E-state index contributed by atoms with van der Waals surface area (Å²) in [5.41, 5.74) is 3.65. The number of hydrogen-bond acceptors (Lipinski definition) is 6. The van der Waals surface area contributed by atoms with E-state index >= 15 is 0 Å². The van der Waals surface area contributed by atoms with E-state index in [0.29, 0.717) is 6.04 Å². The Hall–Kier alpha value is -3.13. The highest BCUT2D eigenvalue weighted by molar-refractivity contribution is 7.07. The van der Waals surface area contributed by atoms with Gasteiger partial charge in [-0.25, -0.2) is 4.68 Å². The van der Waals surface area contributed by atoms with E-state index in [1.54, 1.807) is 35.9 Å². The molecule has 30 heavy (non-hydrogen) atoms. The van der Waals surface area contributed by atoms with Crippen LogP contribution in [0, 0.1) is 10.1 Å². The second-order valence-corrected chi connectivity index (χ2v) is 8.20. The van der Waals surface area contributed by atoms with Gasteiger partial charge in [-0.1, -0.05) is 19.3 Å². The molecule has 0 atom stereocenters. The quantitative estimate of drug-likeness (QED) is 0.329. The fraction of sp³-hybridized carbons (Fsp3) is 0.318. The fourth-order valence-electron chi connectivity index (χ4n) is 3.60. The highest BCUT2D eigenvalue weighted by atomic mass is 32.1. The van der Waals surface area contributed by atoms with Crippen LogP contribution in [0.5, 0.6) is 0 Å². The van der Waals surface area contributed by atoms with Gasteiger partial charge in [0.25, 0.3) is 5.69 Å². The minimum absolute atomic E-state index is 0.0733. The number of pyridine rings is 1. The summed E-state index contributed by atoms with van der Waals surface area (Å²) in [7, 11) is 0. The predicted octanol–water partition coefficient (Wildman–Crippen LogP) is 5.03. The Kier molecular flexibility index (Phi) is 6.13. The molecule has 0 bridgehead atoms. The molecule has 1 aliphatic rings. The molecule has 1 aliphatic carbocycles. The second-order valence-electron chi connectivity index (χ2n) is 7.36. The molecule has 1 aromatic carbocycles. The number of rotatable bonds is 5. The molecule has 8 heteroatoms. The number of non-ortho nitro benzene ring substituents is 1. The Morgan fingerprint density at radius 3 is 2.50 bits per heavy atom. The summed E-state index contributed by atoms with van der Waals surface area (Å²) in [5.74, 6) is 0. The van der Waals surface area contributed by atoms with Crippen LogP contribution in [0.2, 0.25) is 0 Å². The van der Waals surface area contributed by atoms with Crippen LogP contribution in [-0.2, 0) is 0 Å². The van der Waals surface area contributed by atoms with Gasteiger partial charge in [0, 0.05) is 41.0 Å². The van der Waals surface area contributed by atoms with Crippen molar-refractivity contribution in [1.29, 1.82) is 0 Å². The molecule has 2 aromatic heterocycles. The molecule has 1 fully saturated rings. The second kappa shape index (κ2) is 9.13. The topological polar surface area (TPSA) is 85.7 Å². The Morgan fingerprint density at radius 2 is 1.83 bits per heavy atom. The summed E-state index contributed by atoms with van der Waals surface area (Å²) < 4.78 is 1.87. The van der Waals surface area contributed by atoms with Crippen molar-refractivity contribution >= 4 is 22.7 Å². The van der Waals surface area contributed by atoms with Gasteiger partial charge >= 0.3 is 0 Å². The molecule has 3 aromatic rings. The molecule has 0 saturated heterocycles. The van der Waals surface area contributed by atoms with E-state index in [-0.39, 0.29) is 10.6 Å². The van der Waals surface area contributed by atoms with E-state index in [2.05, 4.69) is 4.98 Å². The van der Waals surface area contributed by atoms with Crippen LogP contribution in [0.3, 0.4) is 0 Å². The van der Waals surface area contributed by atoms with Crippen LogP contribution in [0.25, 0.3) is 11.3 Å². The number of nitrogens with zero attached hydrogens (tertiary/aromatic N) is 5. The molecule has 1 saturated carbocycles. The van der Waals surface area contributed by atoms with Gasteiger partial charge in [-0.05, 0) is 44.0 Å². The molecule has 2 heterocycles. The molecule has 0 N–H and O–H groups in total. The lowest BCUT2D eigenvalue weighted by molar-refractivity contribution is -0.384. The van der Waals surface area contributed by atoms with Crippen molar-refractivity contribution < 1.29 is 4.92 Å². The minimum Gasteiger partial charge on any atom is -0.265 e. The zero-order chi connectivity index (χ0) is 20.9. The minimum atomic E-state index is -0.388. The van der Waals surface area contributed by atoms with Crippen molar-refractivity contribution in [2.45, 2.75) is 45.1 Å². The van der Waals surface area contributed by atoms with Gasteiger partial charge in [0.15, 0.2) is 0 Å². The number of nitro groups is 1. The predicted molar refractivity (Wildman–Crippen MR) is 119 cm³/mol. The largest absolute Gasteiger partial charge is 0.269 e. The summed E-state index contributed by atoms with van der Waals surface area (Å²) >= 11 is 1.56. The maximum Gasteiger partial charge on any atom is 0.269 e. The molecule has 0 amide bonds. The third kappa shape index (κ3) is 4.54. The zero-order valence-electron chi connectivity index (χ0n) is 16.8. The molecule has 0 unspecified atom stereocenters. The van der Waals surface area contributed by atoms with E-state index in [1.165, 1.54) is 31.4 Å². The van der Waals surface area contributed by atoms with E-state index in [0.717, 1.165) is 40.2 Å². The third-order valence-corrected chi connectivity index (χ3v) is 6.11. The molecule has 154 valence electrons. The lowest BCUT2D eigenvalue weighted by Gasteiger charge is -2.17. The van der Waals surface area contributed by atoms with Crippen molar-refractivity contribution in [3.05, 3.63) is 74.7 Å². The van der Waals surface area contributed by atoms with Gasteiger partial charge in [0.05, 0.1) is 22.4 Å². The summed E-state index contributed by atoms with van der Waals surface area (Å²) in [6, 6.07) is 10.7. The highest BCUT2D eigenvalue weighted by Crippen LogP contribution is 2.24. The number of benzene rings is 1. The van der Waals surface area contributed by atoms with Gasteiger partial charge in [0.2, 0.25) is 4.80 Å². The third-order valence-electron chi connectivity index (χ3n) is 5.28. The first-order chi connectivity index (χ1) is 14.6. The molecule has 0 spiro atoms. The zero-order valence-corrected chi connectivity index (χ0v) is 17.6. The van der Waals surface area contributed by atoms with Gasteiger partial charge in [-0.3, -0.25) is 20.1 Å². The summed E-state index contributed by atoms with van der Waals surface area (Å²) in [6.45, 7) is 1.96. The average molecular weight is 422 g/mol. The smallest absolute Gasteiger partial charge is 0.265 e. The standard InChI is InChI=1S/C22H23N5O2S/c1-16(17-11-13-23-14-12-17)25-26-21(18-7-9-20(10-8-18)27(28)29)15-30-22(26)24-19-5-3-2-4-6-19/h7-15,19H,2-6H2,1H3. The van der Waals surface area contributed by atoms with Crippen molar-refractivity contribution in [3.8, 4) is 11.3 Å². The van der Waals surface area contributed by atoms with Crippen LogP contribution in [-0.4, -0.2) is 26.3 Å². The number of hydrogen-bond donors (Lipinski definition) is 0. The van der Waals surface area contributed by atoms with Crippen LogP contribution in [0.4, 0.5) is 5.69 Å². The van der Waals surface area contributed by atoms with E-state index in [4.69, 9.17) is 10.1 Å². The number of thiazole rings is 1. The van der Waals surface area contributed by atoms with Gasteiger partial charge in [0.1, 0.15) is 0 Å². The number of aromatic nitrogens is 2. The molecule has 7 nitrogen and oxygen atoms in total. The summed E-state index contributed by atoms with van der Waals surface area (Å²) in [4.78, 5) is 20.6. The SMILES string of the molecule is CC(=Nn1c(-c2ccc([N+](=O)[O-])cc2)csc1=NC1CCCCC1)c1ccncc1. The molecule has 4 rings (SSSR count). The van der Waals surface area contributed by atoms with Crippen LogP contribution < -0.4 is 4.80 Å². The first-order valence-electron chi connectivity index (χ1n) is 10.1. The van der Waals surface area contributed by atoms with E-state index < -0.39 is 0 Å². The monoisotopic (exact) mass is 421 g/mol. The molecule has 0 radical (unpaired) electrons. The van der Waals surface area contributed by atoms with Gasteiger partial charge in [-0.15, -0.1) is 11.3 Å². The van der Waals surface area contributed by atoms with Crippen LogP contribution in [0.15, 0.2) is 64.3 Å². The van der Waals surface area contributed by atoms with Gasteiger partial charge in [-0.2, -0.15) is 5.10 Å². The normalized spacial score (nSPS) is 16.0. The first kappa shape index (κ1) is 20.2. The van der Waals surface area contributed by atoms with Crippen molar-refractivity contribution in [2.24, 2.45) is 10.1 Å². The molecular formula is C22H23N5O2S. The highest BCUT2D eigenvalue weighted by Gasteiger charge is 2.15. The Bertz CT molecular complexity index is 1110. The first-order valence-corrected chi connectivity index (χ1v) is 10.9. The van der Waals surface area contributed by atoms with Crippen molar-refractivity contribution in [3.63, 3.8) is 0 Å². The van der Waals surface area contributed by atoms with Crippen LogP contribution >= 0.6 is 11.3 Å². The fourth-order valence-corrected chi connectivity index (χ4v) is 4.51. The Balaban J connectivity index is 1.80. The molecule has 0 aliphatic heterocycles. The maximum absolute atomic E-state index is 11.0. The van der Waals surface area contributed by atoms with Gasteiger partial charge < -0.3 is 0 Å².